The molecule has 2 aromatic carbocycles. The van der Waals surface area contributed by atoms with Crippen LogP contribution in [-0.4, -0.2) is 23.8 Å². The quantitative estimate of drug-likeness (QED) is 0.739. The molecule has 0 atom stereocenters. The Labute approximate surface area is 140 Å². The fourth-order valence-electron chi connectivity index (χ4n) is 2.48. The summed E-state index contributed by atoms with van der Waals surface area (Å²) >= 11 is 0. The van der Waals surface area contributed by atoms with E-state index >= 15 is 0 Å². The number of Topliss-reactive ketones (excluding diaryl/α,β-unsaturated/α-hetero) is 1. The Balaban J connectivity index is 1.98. The van der Waals surface area contributed by atoms with Gasteiger partial charge in [0, 0.05) is 18.3 Å². The molecule has 1 heterocycles. The van der Waals surface area contributed by atoms with Gasteiger partial charge in [-0.25, -0.2) is 13.4 Å². The topological polar surface area (TPSA) is 81.1 Å². The molecule has 0 saturated carbocycles. The van der Waals surface area contributed by atoms with E-state index in [0.29, 0.717) is 16.8 Å². The van der Waals surface area contributed by atoms with Crippen molar-refractivity contribution >= 4 is 32.5 Å². The molecule has 0 aliphatic carbocycles. The molecular weight excluding hydrogens is 326 g/mol. The Morgan fingerprint density at radius 1 is 1.17 bits per heavy atom. The van der Waals surface area contributed by atoms with Crippen molar-refractivity contribution in [1.82, 2.24) is 9.55 Å². The van der Waals surface area contributed by atoms with E-state index in [-0.39, 0.29) is 10.7 Å². The van der Waals surface area contributed by atoms with Crippen molar-refractivity contribution in [2.24, 2.45) is 7.05 Å². The van der Waals surface area contributed by atoms with Crippen LogP contribution in [-0.2, 0) is 17.1 Å². The summed E-state index contributed by atoms with van der Waals surface area (Å²) in [6, 6.07) is 11.2. The third-order valence-electron chi connectivity index (χ3n) is 3.91. The Kier molecular flexibility index (Phi) is 3.88. The highest BCUT2D eigenvalue weighted by atomic mass is 32.2. The number of benzene rings is 2. The summed E-state index contributed by atoms with van der Waals surface area (Å²) in [5.74, 6) is 0.683. The van der Waals surface area contributed by atoms with Crippen LogP contribution in [0.3, 0.4) is 0 Å². The largest absolute Gasteiger partial charge is 0.331 e. The summed E-state index contributed by atoms with van der Waals surface area (Å²) in [4.78, 5) is 15.9. The van der Waals surface area contributed by atoms with Crippen molar-refractivity contribution in [2.75, 3.05) is 4.72 Å². The monoisotopic (exact) mass is 343 g/mol. The number of rotatable bonds is 4. The lowest BCUT2D eigenvalue weighted by molar-refractivity contribution is 0.101. The number of imidazole rings is 1. The maximum atomic E-state index is 12.6. The van der Waals surface area contributed by atoms with Gasteiger partial charge in [-0.2, -0.15) is 0 Å². The number of fused-ring (bicyclic) bond motifs is 1. The minimum Gasteiger partial charge on any atom is -0.331 e. The van der Waals surface area contributed by atoms with Gasteiger partial charge in [0.1, 0.15) is 5.82 Å². The number of hydrogen-bond acceptors (Lipinski definition) is 4. The SMILES string of the molecule is CC(=O)c1cccc(NS(=O)(=O)c2ccc3c(c2)nc(C)n3C)c1. The fourth-order valence-corrected chi connectivity index (χ4v) is 3.55. The van der Waals surface area contributed by atoms with Gasteiger partial charge in [0.25, 0.3) is 10.0 Å². The molecule has 6 nitrogen and oxygen atoms in total. The third-order valence-corrected chi connectivity index (χ3v) is 5.29. The molecule has 124 valence electrons. The van der Waals surface area contributed by atoms with Crippen molar-refractivity contribution in [2.45, 2.75) is 18.7 Å². The lowest BCUT2D eigenvalue weighted by atomic mass is 10.1. The van der Waals surface area contributed by atoms with Gasteiger partial charge < -0.3 is 4.57 Å². The van der Waals surface area contributed by atoms with E-state index in [1.165, 1.54) is 13.0 Å². The van der Waals surface area contributed by atoms with E-state index < -0.39 is 10.0 Å². The maximum Gasteiger partial charge on any atom is 0.261 e. The van der Waals surface area contributed by atoms with Gasteiger partial charge in [0.2, 0.25) is 0 Å². The van der Waals surface area contributed by atoms with Crippen molar-refractivity contribution < 1.29 is 13.2 Å². The summed E-state index contributed by atoms with van der Waals surface area (Å²) in [5.41, 5.74) is 2.28. The number of sulfonamides is 1. The van der Waals surface area contributed by atoms with E-state index in [1.54, 1.807) is 36.4 Å². The average molecular weight is 343 g/mol. The third kappa shape index (κ3) is 2.90. The minimum atomic E-state index is -3.76. The smallest absolute Gasteiger partial charge is 0.261 e. The van der Waals surface area contributed by atoms with E-state index in [9.17, 15) is 13.2 Å². The number of hydrogen-bond donors (Lipinski definition) is 1. The number of aromatic nitrogens is 2. The molecule has 3 aromatic rings. The van der Waals surface area contributed by atoms with Crippen LogP contribution in [0.15, 0.2) is 47.4 Å². The van der Waals surface area contributed by atoms with Crippen LogP contribution in [0.4, 0.5) is 5.69 Å². The van der Waals surface area contributed by atoms with E-state index in [1.807, 2.05) is 18.5 Å². The molecule has 3 rings (SSSR count). The summed E-state index contributed by atoms with van der Waals surface area (Å²) in [7, 11) is -1.88. The standard InChI is InChI=1S/C17H17N3O3S/c1-11(21)13-5-4-6-14(9-13)19-24(22,23)15-7-8-17-16(10-15)18-12(2)20(17)3/h4-10,19H,1-3H3. The second kappa shape index (κ2) is 5.76. The van der Waals surface area contributed by atoms with Crippen LogP contribution in [0.25, 0.3) is 11.0 Å². The lowest BCUT2D eigenvalue weighted by Crippen LogP contribution is -2.13. The van der Waals surface area contributed by atoms with Gasteiger partial charge in [0.15, 0.2) is 5.78 Å². The van der Waals surface area contributed by atoms with Gasteiger partial charge in [0.05, 0.1) is 15.9 Å². The molecule has 1 aromatic heterocycles. The molecule has 24 heavy (non-hydrogen) atoms. The molecule has 0 unspecified atom stereocenters. The van der Waals surface area contributed by atoms with Gasteiger partial charge in [-0.05, 0) is 44.2 Å². The Morgan fingerprint density at radius 3 is 2.62 bits per heavy atom. The number of anilines is 1. The average Bonchev–Trinajstić information content (AvgIpc) is 2.81. The summed E-state index contributed by atoms with van der Waals surface area (Å²) in [6.07, 6.45) is 0. The number of carbonyl (C=O) groups excluding carboxylic acids is 1. The zero-order valence-electron chi connectivity index (χ0n) is 13.6. The molecule has 0 bridgehead atoms. The Morgan fingerprint density at radius 2 is 1.92 bits per heavy atom. The van der Waals surface area contributed by atoms with Crippen LogP contribution in [0.5, 0.6) is 0 Å². The Bertz CT molecular complexity index is 1050. The van der Waals surface area contributed by atoms with Crippen LogP contribution in [0, 0.1) is 6.92 Å². The molecule has 0 saturated heterocycles. The predicted molar refractivity (Wildman–Crippen MR) is 92.7 cm³/mol. The number of nitrogens with one attached hydrogen (secondary N) is 1. The lowest BCUT2D eigenvalue weighted by Gasteiger charge is -2.09. The first-order valence-corrected chi connectivity index (χ1v) is 8.83. The van der Waals surface area contributed by atoms with Gasteiger partial charge in [-0.1, -0.05) is 12.1 Å². The molecule has 0 aliphatic rings. The normalized spacial score (nSPS) is 11.6. The number of nitrogens with zero attached hydrogens (tertiary/aromatic N) is 2. The zero-order valence-corrected chi connectivity index (χ0v) is 14.4. The molecule has 1 N–H and O–H groups in total. The number of aryl methyl sites for hydroxylation is 2. The number of carbonyl (C=O) groups is 1. The summed E-state index contributed by atoms with van der Waals surface area (Å²) in [5, 5.41) is 0. The molecule has 0 fully saturated rings. The van der Waals surface area contributed by atoms with Gasteiger partial charge >= 0.3 is 0 Å². The summed E-state index contributed by atoms with van der Waals surface area (Å²) < 4.78 is 29.6. The maximum absolute atomic E-state index is 12.6. The highest BCUT2D eigenvalue weighted by Gasteiger charge is 2.17. The number of ketones is 1. The van der Waals surface area contributed by atoms with E-state index in [0.717, 1.165) is 11.3 Å². The second-order valence-corrected chi connectivity index (χ2v) is 7.29. The first kappa shape index (κ1) is 16.2. The molecule has 0 amide bonds. The molecular formula is C17H17N3O3S. The van der Waals surface area contributed by atoms with Crippen LogP contribution < -0.4 is 4.72 Å². The Hall–Kier alpha value is -2.67. The van der Waals surface area contributed by atoms with E-state index in [4.69, 9.17) is 0 Å². The minimum absolute atomic E-state index is 0.124. The van der Waals surface area contributed by atoms with Crippen LogP contribution in [0.2, 0.25) is 0 Å². The highest BCUT2D eigenvalue weighted by molar-refractivity contribution is 7.92. The van der Waals surface area contributed by atoms with Crippen molar-refractivity contribution in [3.63, 3.8) is 0 Å². The van der Waals surface area contributed by atoms with Crippen LogP contribution >= 0.6 is 0 Å². The molecule has 7 heteroatoms. The predicted octanol–water partition coefficient (Wildman–Crippen LogP) is 2.89. The van der Waals surface area contributed by atoms with Crippen molar-refractivity contribution in [1.29, 1.82) is 0 Å². The summed E-state index contributed by atoms with van der Waals surface area (Å²) in [6.45, 7) is 3.30. The van der Waals surface area contributed by atoms with Crippen LogP contribution in [0.1, 0.15) is 23.1 Å². The molecule has 0 radical (unpaired) electrons. The molecule has 0 aliphatic heterocycles. The molecule has 0 spiro atoms. The fraction of sp³-hybridized carbons (Fsp3) is 0.176. The van der Waals surface area contributed by atoms with Crippen molar-refractivity contribution in [3.8, 4) is 0 Å². The second-order valence-electron chi connectivity index (χ2n) is 5.61. The van der Waals surface area contributed by atoms with Gasteiger partial charge in [-0.3, -0.25) is 9.52 Å². The van der Waals surface area contributed by atoms with Crippen molar-refractivity contribution in [3.05, 3.63) is 53.9 Å². The highest BCUT2D eigenvalue weighted by Crippen LogP contribution is 2.22. The van der Waals surface area contributed by atoms with E-state index in [2.05, 4.69) is 9.71 Å². The zero-order chi connectivity index (χ0) is 17.5. The van der Waals surface area contributed by atoms with Gasteiger partial charge in [-0.15, -0.1) is 0 Å². The first-order valence-electron chi connectivity index (χ1n) is 7.35. The first-order chi connectivity index (χ1) is 11.3.